The van der Waals surface area contributed by atoms with Crippen LogP contribution >= 0.6 is 0 Å². The zero-order chi connectivity index (χ0) is 33.8. The van der Waals surface area contributed by atoms with E-state index in [4.69, 9.17) is 0 Å². The molecule has 0 aliphatic carbocycles. The van der Waals surface area contributed by atoms with E-state index in [1.807, 2.05) is 136 Å². The summed E-state index contributed by atoms with van der Waals surface area (Å²) in [6.45, 7) is 11.7. The van der Waals surface area contributed by atoms with Crippen LogP contribution in [0.25, 0.3) is 0 Å². The summed E-state index contributed by atoms with van der Waals surface area (Å²) in [5, 5.41) is 3.88. The molecule has 8 nitrogen and oxygen atoms in total. The number of nitrogens with zero attached hydrogens (tertiary/aromatic N) is 4. The van der Waals surface area contributed by atoms with Crippen molar-refractivity contribution in [3.63, 3.8) is 0 Å². The molecule has 6 atom stereocenters. The molecule has 4 amide bonds. The first-order valence-electron chi connectivity index (χ1n) is 16.6. The predicted octanol–water partition coefficient (Wildman–Crippen LogP) is 5.98. The van der Waals surface area contributed by atoms with Crippen LogP contribution in [0.4, 0.5) is 11.4 Å². The molecule has 8 heteroatoms. The maximum absolute atomic E-state index is 14.8. The van der Waals surface area contributed by atoms with Gasteiger partial charge in [0.05, 0.1) is 35.3 Å². The van der Waals surface area contributed by atoms with Gasteiger partial charge in [-0.15, -0.1) is 0 Å². The Hall–Kier alpha value is -4.92. The Morgan fingerprint density at radius 1 is 0.417 bits per heavy atom. The van der Waals surface area contributed by atoms with Gasteiger partial charge in [-0.1, -0.05) is 96.1 Å². The van der Waals surface area contributed by atoms with E-state index in [0.717, 1.165) is 44.5 Å². The number of hydrogen-bond donors (Lipinski definition) is 0. The molecule has 4 aliphatic rings. The molecule has 4 fully saturated rings. The molecule has 0 bridgehead atoms. The van der Waals surface area contributed by atoms with Gasteiger partial charge in [-0.2, -0.15) is 0 Å². The van der Waals surface area contributed by atoms with Gasteiger partial charge in [-0.05, 0) is 74.9 Å². The number of carbonyl (C=O) groups excluding carboxylic acids is 4. The number of anilines is 2. The molecular formula is C40H38N4O4. The Kier molecular flexibility index (Phi) is 6.84. The van der Waals surface area contributed by atoms with Crippen LogP contribution in [0.1, 0.15) is 56.6 Å². The normalized spacial score (nSPS) is 26.9. The first-order chi connectivity index (χ1) is 23.0. The van der Waals surface area contributed by atoms with Crippen LogP contribution in [-0.4, -0.2) is 45.7 Å². The number of aryl methyl sites for hydroxylation is 6. The Morgan fingerprint density at radius 3 is 1.04 bits per heavy atom. The molecule has 4 aromatic carbocycles. The second-order valence-corrected chi connectivity index (χ2v) is 13.9. The number of carbonyl (C=O) groups is 4. The van der Waals surface area contributed by atoms with Gasteiger partial charge in [0.15, 0.2) is 0 Å². The summed E-state index contributed by atoms with van der Waals surface area (Å²) < 4.78 is 0. The lowest BCUT2D eigenvalue weighted by Gasteiger charge is -2.36. The lowest BCUT2D eigenvalue weighted by Crippen LogP contribution is -2.50. The van der Waals surface area contributed by atoms with E-state index in [-0.39, 0.29) is 23.6 Å². The van der Waals surface area contributed by atoms with E-state index in [2.05, 4.69) is 0 Å². The highest BCUT2D eigenvalue weighted by atomic mass is 16.2. The summed E-state index contributed by atoms with van der Waals surface area (Å²) in [5.74, 6) is -2.80. The molecule has 0 radical (unpaired) electrons. The number of rotatable bonds is 4. The van der Waals surface area contributed by atoms with Crippen LogP contribution in [0.15, 0.2) is 84.9 Å². The van der Waals surface area contributed by atoms with Gasteiger partial charge < -0.3 is 0 Å². The number of imide groups is 2. The van der Waals surface area contributed by atoms with Crippen molar-refractivity contribution in [1.29, 1.82) is 0 Å². The van der Waals surface area contributed by atoms with Crippen LogP contribution in [0.2, 0.25) is 0 Å². The predicted molar refractivity (Wildman–Crippen MR) is 183 cm³/mol. The molecule has 0 aromatic heterocycles. The lowest BCUT2D eigenvalue weighted by molar-refractivity contribution is -0.136. The van der Waals surface area contributed by atoms with Gasteiger partial charge in [0.2, 0.25) is 11.8 Å². The van der Waals surface area contributed by atoms with Gasteiger partial charge in [-0.25, -0.2) is 19.8 Å². The van der Waals surface area contributed by atoms with Crippen molar-refractivity contribution in [2.45, 2.75) is 65.7 Å². The smallest absolute Gasteiger partial charge is 0.253 e. The highest BCUT2D eigenvalue weighted by Gasteiger charge is 2.73. The van der Waals surface area contributed by atoms with E-state index >= 15 is 0 Å². The third kappa shape index (κ3) is 4.09. The molecule has 0 saturated carbocycles. The third-order valence-electron chi connectivity index (χ3n) is 10.7. The summed E-state index contributed by atoms with van der Waals surface area (Å²) in [4.78, 5) is 62.0. The van der Waals surface area contributed by atoms with Crippen molar-refractivity contribution in [2.75, 3.05) is 9.80 Å². The topological polar surface area (TPSA) is 81.2 Å². The van der Waals surface area contributed by atoms with Gasteiger partial charge in [0.1, 0.15) is 12.1 Å². The molecule has 4 aliphatic heterocycles. The number of benzene rings is 4. The molecule has 4 aromatic rings. The zero-order valence-electron chi connectivity index (χ0n) is 28.0. The second kappa shape index (κ2) is 10.8. The number of fused-ring (bicyclic) bond motifs is 5. The average Bonchev–Trinajstić information content (AvgIpc) is 3.70. The van der Waals surface area contributed by atoms with Crippen molar-refractivity contribution >= 4 is 35.0 Å². The minimum atomic E-state index is -0.893. The molecule has 8 rings (SSSR count). The Balaban J connectivity index is 1.34. The van der Waals surface area contributed by atoms with Crippen molar-refractivity contribution in [3.05, 3.63) is 129 Å². The van der Waals surface area contributed by atoms with Crippen LogP contribution in [-0.2, 0) is 19.2 Å². The van der Waals surface area contributed by atoms with E-state index in [9.17, 15) is 19.2 Å². The number of hydrogen-bond acceptors (Lipinski definition) is 6. The van der Waals surface area contributed by atoms with Gasteiger partial charge >= 0.3 is 0 Å². The molecule has 4 heterocycles. The summed E-state index contributed by atoms with van der Waals surface area (Å²) in [6.07, 6.45) is 0. The van der Waals surface area contributed by atoms with Crippen LogP contribution in [0, 0.1) is 53.4 Å². The van der Waals surface area contributed by atoms with E-state index in [1.165, 1.54) is 9.80 Å². The van der Waals surface area contributed by atoms with E-state index in [0.29, 0.717) is 11.4 Å². The fraction of sp³-hybridized carbons (Fsp3) is 0.300. The highest BCUT2D eigenvalue weighted by molar-refractivity contribution is 6.27. The van der Waals surface area contributed by atoms with Gasteiger partial charge in [-0.3, -0.25) is 19.2 Å². The van der Waals surface area contributed by atoms with Crippen LogP contribution < -0.4 is 9.80 Å². The Labute approximate surface area is 280 Å². The molecule has 6 unspecified atom stereocenters. The van der Waals surface area contributed by atoms with E-state index < -0.39 is 36.0 Å². The Morgan fingerprint density at radius 2 is 0.729 bits per heavy atom. The van der Waals surface area contributed by atoms with Gasteiger partial charge in [0, 0.05) is 0 Å². The molecular weight excluding hydrogens is 600 g/mol. The second-order valence-electron chi connectivity index (χ2n) is 13.9. The monoisotopic (exact) mass is 638 g/mol. The SMILES string of the molecule is Cc1cc(C)c(N2C(=O)C3C(C2=O)N2C(c4ccccc4)C4C(=O)N(c5c(C)cc(C)cc5C)C(=O)C4N2C3c2ccccc2)c(C)c1. The molecule has 4 saturated heterocycles. The zero-order valence-corrected chi connectivity index (χ0v) is 28.0. The minimum Gasteiger partial charge on any atom is -0.274 e. The minimum absolute atomic E-state index is 0.287. The Bertz CT molecular complexity index is 1850. The number of amides is 4. The summed E-state index contributed by atoms with van der Waals surface area (Å²) >= 11 is 0. The maximum Gasteiger partial charge on any atom is 0.253 e. The summed E-state index contributed by atoms with van der Waals surface area (Å²) in [7, 11) is 0. The summed E-state index contributed by atoms with van der Waals surface area (Å²) in [5.41, 5.74) is 8.39. The third-order valence-corrected chi connectivity index (χ3v) is 10.7. The standard InChI is InChI=1S/C40H38N4O4/c1-21-17-23(3)31(24(4)18-21)41-37(45)29-33(27-13-9-7-10-14-27)44-36-30(34(28-15-11-8-12-16-28)43(44)35(29)39(41)47)38(46)42(40(36)48)32-25(5)19-22(2)20-26(32)6/h7-20,29-30,33-36H,1-6H3. The van der Waals surface area contributed by atoms with Crippen LogP contribution in [0.5, 0.6) is 0 Å². The average molecular weight is 639 g/mol. The van der Waals surface area contributed by atoms with Crippen molar-refractivity contribution in [3.8, 4) is 0 Å². The first kappa shape index (κ1) is 30.4. The van der Waals surface area contributed by atoms with Gasteiger partial charge in [0.25, 0.3) is 11.8 Å². The largest absolute Gasteiger partial charge is 0.274 e. The van der Waals surface area contributed by atoms with Crippen molar-refractivity contribution in [2.24, 2.45) is 11.8 Å². The lowest BCUT2D eigenvalue weighted by atomic mass is 9.84. The van der Waals surface area contributed by atoms with Crippen LogP contribution in [0.3, 0.4) is 0 Å². The quantitative estimate of drug-likeness (QED) is 0.256. The fourth-order valence-corrected chi connectivity index (χ4v) is 9.29. The maximum atomic E-state index is 14.8. The summed E-state index contributed by atoms with van der Waals surface area (Å²) in [6, 6.07) is 24.2. The first-order valence-corrected chi connectivity index (χ1v) is 16.6. The molecule has 242 valence electrons. The van der Waals surface area contributed by atoms with Crippen molar-refractivity contribution in [1.82, 2.24) is 10.0 Å². The number of hydrazine groups is 1. The molecule has 0 N–H and O–H groups in total. The highest BCUT2D eigenvalue weighted by Crippen LogP contribution is 2.60. The van der Waals surface area contributed by atoms with Crippen molar-refractivity contribution < 1.29 is 19.2 Å². The molecule has 48 heavy (non-hydrogen) atoms. The molecule has 0 spiro atoms. The fourth-order valence-electron chi connectivity index (χ4n) is 9.29. The van der Waals surface area contributed by atoms with E-state index in [1.54, 1.807) is 0 Å².